The normalized spacial score (nSPS) is 12.5. The van der Waals surface area contributed by atoms with Gasteiger partial charge in [-0.1, -0.05) is 43.7 Å². The summed E-state index contributed by atoms with van der Waals surface area (Å²) in [4.78, 5) is 0. The lowest BCUT2D eigenvalue weighted by molar-refractivity contribution is 0.0422. The molecule has 0 aliphatic rings. The molecule has 1 unspecified atom stereocenters. The fraction of sp³-hybridized carbons (Fsp3) is 0.412. The van der Waals surface area contributed by atoms with Crippen molar-refractivity contribution in [1.82, 2.24) is 0 Å². The maximum Gasteiger partial charge on any atom is 0.0945 e. The third-order valence-corrected chi connectivity index (χ3v) is 3.24. The van der Waals surface area contributed by atoms with Gasteiger partial charge in [-0.3, -0.25) is 0 Å². The minimum atomic E-state index is -0.474. The van der Waals surface area contributed by atoms with Gasteiger partial charge in [0.15, 0.2) is 0 Å². The number of ether oxygens (including phenoxy) is 1. The third-order valence-electron chi connectivity index (χ3n) is 3.24. The molecule has 2 N–H and O–H groups in total. The number of benzene rings is 2. The Bertz CT molecular complexity index is 527. The first-order chi connectivity index (χ1) is 9.79. The van der Waals surface area contributed by atoms with E-state index in [0.29, 0.717) is 13.2 Å². The molecule has 0 heterocycles. The lowest BCUT2D eigenvalue weighted by atomic mass is 10.1. The van der Waals surface area contributed by atoms with Crippen LogP contribution in [-0.4, -0.2) is 31.0 Å². The second-order valence-corrected chi connectivity index (χ2v) is 5.03. The summed E-state index contributed by atoms with van der Waals surface area (Å²) >= 11 is 0. The van der Waals surface area contributed by atoms with Gasteiger partial charge in [-0.05, 0) is 29.3 Å². The average Bonchev–Trinajstić information content (AvgIpc) is 2.49. The predicted octanol–water partition coefficient (Wildman–Crippen LogP) is 3.43. The van der Waals surface area contributed by atoms with E-state index < -0.39 is 6.10 Å². The van der Waals surface area contributed by atoms with Crippen LogP contribution in [0.2, 0.25) is 0 Å². The fourth-order valence-corrected chi connectivity index (χ4v) is 2.06. The Morgan fingerprint density at radius 1 is 1.15 bits per heavy atom. The van der Waals surface area contributed by atoms with Crippen LogP contribution < -0.4 is 5.32 Å². The molecule has 0 amide bonds. The first-order valence-electron chi connectivity index (χ1n) is 7.28. The summed E-state index contributed by atoms with van der Waals surface area (Å²) < 4.78 is 5.40. The summed E-state index contributed by atoms with van der Waals surface area (Å²) in [5.74, 6) is 0. The number of rotatable bonds is 8. The van der Waals surface area contributed by atoms with Gasteiger partial charge in [0, 0.05) is 18.8 Å². The maximum absolute atomic E-state index is 9.84. The van der Waals surface area contributed by atoms with E-state index >= 15 is 0 Å². The van der Waals surface area contributed by atoms with Crippen LogP contribution >= 0.6 is 0 Å². The minimum Gasteiger partial charge on any atom is -0.389 e. The summed E-state index contributed by atoms with van der Waals surface area (Å²) in [6.45, 7) is 3.75. The Morgan fingerprint density at radius 2 is 1.95 bits per heavy atom. The Morgan fingerprint density at radius 3 is 2.75 bits per heavy atom. The molecule has 0 fully saturated rings. The molecule has 3 nitrogen and oxygen atoms in total. The summed E-state index contributed by atoms with van der Waals surface area (Å²) in [5.41, 5.74) is 1.02. The molecular weight excluding hydrogens is 250 g/mol. The topological polar surface area (TPSA) is 41.5 Å². The summed E-state index contributed by atoms with van der Waals surface area (Å²) in [7, 11) is 0. The van der Waals surface area contributed by atoms with Crippen molar-refractivity contribution in [3.05, 3.63) is 42.5 Å². The van der Waals surface area contributed by atoms with Crippen LogP contribution in [0.15, 0.2) is 42.5 Å². The van der Waals surface area contributed by atoms with E-state index in [2.05, 4.69) is 36.5 Å². The number of unbranched alkanes of at least 4 members (excludes halogenated alkanes) is 1. The molecule has 0 radical (unpaired) electrons. The van der Waals surface area contributed by atoms with E-state index in [-0.39, 0.29) is 0 Å². The molecule has 2 rings (SSSR count). The van der Waals surface area contributed by atoms with Gasteiger partial charge in [0.1, 0.15) is 0 Å². The van der Waals surface area contributed by atoms with Crippen LogP contribution in [-0.2, 0) is 4.74 Å². The highest BCUT2D eigenvalue weighted by molar-refractivity contribution is 5.85. The Labute approximate surface area is 120 Å². The third kappa shape index (κ3) is 4.51. The van der Waals surface area contributed by atoms with Gasteiger partial charge in [0.05, 0.1) is 12.7 Å². The lowest BCUT2D eigenvalue weighted by Gasteiger charge is -2.13. The number of aliphatic hydroxyl groups excluding tert-OH is 1. The van der Waals surface area contributed by atoms with Gasteiger partial charge in [0.2, 0.25) is 0 Å². The Balaban J connectivity index is 1.80. The molecule has 0 spiro atoms. The highest BCUT2D eigenvalue weighted by atomic mass is 16.5. The molecule has 0 aliphatic heterocycles. The van der Waals surface area contributed by atoms with Crippen LogP contribution in [0.4, 0.5) is 5.69 Å². The molecule has 20 heavy (non-hydrogen) atoms. The molecule has 0 saturated carbocycles. The second-order valence-electron chi connectivity index (χ2n) is 5.03. The molecule has 108 valence electrons. The standard InChI is InChI=1S/C17H23NO2/c1-2-3-10-20-13-17(19)12-18-16-9-8-14-6-4-5-7-15(14)11-16/h4-9,11,17-19H,2-3,10,12-13H2,1H3. The minimum absolute atomic E-state index is 0.389. The van der Waals surface area contributed by atoms with E-state index in [0.717, 1.165) is 25.1 Å². The van der Waals surface area contributed by atoms with Gasteiger partial charge in [0.25, 0.3) is 0 Å². The van der Waals surface area contributed by atoms with E-state index in [4.69, 9.17) is 4.74 Å². The molecule has 0 saturated heterocycles. The van der Waals surface area contributed by atoms with Gasteiger partial charge >= 0.3 is 0 Å². The zero-order valence-corrected chi connectivity index (χ0v) is 12.0. The molecule has 2 aromatic rings. The second kappa shape index (κ2) is 7.88. The van der Waals surface area contributed by atoms with Gasteiger partial charge in [-0.25, -0.2) is 0 Å². The Hall–Kier alpha value is -1.58. The number of fused-ring (bicyclic) bond motifs is 1. The maximum atomic E-state index is 9.84. The van der Waals surface area contributed by atoms with Crippen molar-refractivity contribution in [2.75, 3.05) is 25.1 Å². The summed E-state index contributed by atoms with van der Waals surface area (Å²) in [5, 5.41) is 15.5. The first-order valence-corrected chi connectivity index (χ1v) is 7.28. The average molecular weight is 273 g/mol. The SMILES string of the molecule is CCCCOCC(O)CNc1ccc2ccccc2c1. The number of hydrogen-bond donors (Lipinski definition) is 2. The molecule has 0 aliphatic carbocycles. The van der Waals surface area contributed by atoms with Crippen molar-refractivity contribution in [3.63, 3.8) is 0 Å². The smallest absolute Gasteiger partial charge is 0.0945 e. The first kappa shape index (κ1) is 14.8. The predicted molar refractivity (Wildman–Crippen MR) is 84.2 cm³/mol. The quantitative estimate of drug-likeness (QED) is 0.724. The number of nitrogens with one attached hydrogen (secondary N) is 1. The van der Waals surface area contributed by atoms with Crippen molar-refractivity contribution < 1.29 is 9.84 Å². The van der Waals surface area contributed by atoms with Crippen LogP contribution in [0.3, 0.4) is 0 Å². The molecule has 2 aromatic carbocycles. The number of anilines is 1. The highest BCUT2D eigenvalue weighted by Gasteiger charge is 2.04. The van der Waals surface area contributed by atoms with Crippen LogP contribution in [0.25, 0.3) is 10.8 Å². The van der Waals surface area contributed by atoms with Crippen molar-refractivity contribution in [1.29, 1.82) is 0 Å². The van der Waals surface area contributed by atoms with Crippen molar-refractivity contribution in [3.8, 4) is 0 Å². The van der Waals surface area contributed by atoms with Gasteiger partial charge < -0.3 is 15.2 Å². The van der Waals surface area contributed by atoms with E-state index in [1.807, 2.05) is 18.2 Å². The molecule has 3 heteroatoms. The van der Waals surface area contributed by atoms with Crippen LogP contribution in [0.1, 0.15) is 19.8 Å². The van der Waals surface area contributed by atoms with Crippen molar-refractivity contribution >= 4 is 16.5 Å². The van der Waals surface area contributed by atoms with E-state index in [1.54, 1.807) is 0 Å². The molecular formula is C17H23NO2. The number of aliphatic hydroxyl groups is 1. The monoisotopic (exact) mass is 273 g/mol. The number of hydrogen-bond acceptors (Lipinski definition) is 3. The van der Waals surface area contributed by atoms with Crippen LogP contribution in [0, 0.1) is 0 Å². The molecule has 0 bridgehead atoms. The van der Waals surface area contributed by atoms with E-state index in [1.165, 1.54) is 10.8 Å². The zero-order valence-electron chi connectivity index (χ0n) is 12.0. The van der Waals surface area contributed by atoms with Crippen molar-refractivity contribution in [2.45, 2.75) is 25.9 Å². The summed E-state index contributed by atoms with van der Waals surface area (Å²) in [6.07, 6.45) is 1.69. The van der Waals surface area contributed by atoms with Crippen LogP contribution in [0.5, 0.6) is 0 Å². The fourth-order valence-electron chi connectivity index (χ4n) is 2.06. The van der Waals surface area contributed by atoms with Gasteiger partial charge in [-0.15, -0.1) is 0 Å². The largest absolute Gasteiger partial charge is 0.389 e. The van der Waals surface area contributed by atoms with Gasteiger partial charge in [-0.2, -0.15) is 0 Å². The zero-order chi connectivity index (χ0) is 14.2. The highest BCUT2D eigenvalue weighted by Crippen LogP contribution is 2.18. The molecule has 0 aromatic heterocycles. The van der Waals surface area contributed by atoms with E-state index in [9.17, 15) is 5.11 Å². The molecule has 1 atom stereocenters. The lowest BCUT2D eigenvalue weighted by Crippen LogP contribution is -2.25. The Kier molecular flexibility index (Phi) is 5.84. The van der Waals surface area contributed by atoms with Crippen molar-refractivity contribution in [2.24, 2.45) is 0 Å². The summed E-state index contributed by atoms with van der Waals surface area (Å²) in [6, 6.07) is 14.5.